The molecule has 0 saturated carbocycles. The van der Waals surface area contributed by atoms with Crippen LogP contribution in [-0.4, -0.2) is 32.1 Å². The molecule has 1 aliphatic heterocycles. The molecule has 7 heteroatoms. The molecule has 1 amide bonds. The maximum absolute atomic E-state index is 13.8. The second-order valence-corrected chi connectivity index (χ2v) is 6.00. The zero-order chi connectivity index (χ0) is 17.9. The molecule has 0 unspecified atom stereocenters. The van der Waals surface area contributed by atoms with E-state index in [1.165, 1.54) is 18.3 Å². The smallest absolute Gasteiger partial charge is 0.272 e. The van der Waals surface area contributed by atoms with Crippen molar-refractivity contribution >= 4 is 5.91 Å². The molecule has 1 aromatic carbocycles. The van der Waals surface area contributed by atoms with Crippen molar-refractivity contribution in [2.75, 3.05) is 6.54 Å². The first kappa shape index (κ1) is 16.3. The molecule has 0 spiro atoms. The van der Waals surface area contributed by atoms with E-state index in [4.69, 9.17) is 4.74 Å². The summed E-state index contributed by atoms with van der Waals surface area (Å²) in [6, 6.07) is 14.0. The van der Waals surface area contributed by atoms with Crippen LogP contribution in [-0.2, 0) is 19.7 Å². The number of rotatable bonds is 5. The highest BCUT2D eigenvalue weighted by Crippen LogP contribution is 2.18. The first-order chi connectivity index (χ1) is 12.7. The molecule has 132 valence electrons. The molecule has 6 nitrogen and oxygen atoms in total. The van der Waals surface area contributed by atoms with E-state index in [2.05, 4.69) is 10.1 Å². The Labute approximate surface area is 149 Å². The van der Waals surface area contributed by atoms with Crippen LogP contribution in [0.3, 0.4) is 0 Å². The van der Waals surface area contributed by atoms with Crippen molar-refractivity contribution in [2.24, 2.45) is 0 Å². The second kappa shape index (κ2) is 6.95. The molecule has 3 aromatic rings. The summed E-state index contributed by atoms with van der Waals surface area (Å²) in [4.78, 5) is 18.3. The lowest BCUT2D eigenvalue weighted by molar-refractivity contribution is 0.0679. The number of pyridine rings is 1. The highest BCUT2D eigenvalue weighted by atomic mass is 19.1. The number of fused-ring (bicyclic) bond motifs is 1. The number of carbonyl (C=O) groups is 1. The molecule has 0 radical (unpaired) electrons. The van der Waals surface area contributed by atoms with E-state index in [-0.39, 0.29) is 24.8 Å². The third kappa shape index (κ3) is 3.28. The van der Waals surface area contributed by atoms with Crippen LogP contribution in [0.5, 0.6) is 5.75 Å². The van der Waals surface area contributed by atoms with Gasteiger partial charge in [-0.05, 0) is 30.3 Å². The number of amides is 1. The van der Waals surface area contributed by atoms with Crippen LogP contribution in [0.2, 0.25) is 0 Å². The summed E-state index contributed by atoms with van der Waals surface area (Å²) >= 11 is 0. The van der Waals surface area contributed by atoms with Crippen LogP contribution in [0.4, 0.5) is 4.39 Å². The van der Waals surface area contributed by atoms with E-state index >= 15 is 0 Å². The van der Waals surface area contributed by atoms with Crippen molar-refractivity contribution < 1.29 is 13.9 Å². The zero-order valence-corrected chi connectivity index (χ0v) is 14.0. The van der Waals surface area contributed by atoms with Crippen LogP contribution < -0.4 is 4.74 Å². The fraction of sp³-hybridized carbons (Fsp3) is 0.211. The summed E-state index contributed by atoms with van der Waals surface area (Å²) in [5.74, 6) is 0.160. The lowest BCUT2D eigenvalue weighted by Crippen LogP contribution is -2.40. The van der Waals surface area contributed by atoms with Gasteiger partial charge < -0.3 is 9.64 Å². The molecular formula is C19H17FN4O2. The van der Waals surface area contributed by atoms with Gasteiger partial charge in [-0.15, -0.1) is 0 Å². The third-order valence-corrected chi connectivity index (χ3v) is 4.22. The Morgan fingerprint density at radius 2 is 1.96 bits per heavy atom. The molecule has 0 N–H and O–H groups in total. The van der Waals surface area contributed by atoms with Crippen LogP contribution in [0.1, 0.15) is 21.9 Å². The van der Waals surface area contributed by atoms with E-state index in [1.54, 1.807) is 15.6 Å². The lowest BCUT2D eigenvalue weighted by Gasteiger charge is -2.27. The highest BCUT2D eigenvalue weighted by Gasteiger charge is 2.27. The predicted molar refractivity (Wildman–Crippen MR) is 91.9 cm³/mol. The van der Waals surface area contributed by atoms with Crippen molar-refractivity contribution in [3.8, 4) is 5.75 Å². The number of ether oxygens (including phenoxy) is 1. The molecule has 0 bridgehead atoms. The topological polar surface area (TPSA) is 60.2 Å². The first-order valence-electron chi connectivity index (χ1n) is 8.34. The van der Waals surface area contributed by atoms with Crippen molar-refractivity contribution in [3.63, 3.8) is 0 Å². The van der Waals surface area contributed by atoms with Crippen molar-refractivity contribution in [2.45, 2.75) is 19.7 Å². The molecule has 4 rings (SSSR count). The van der Waals surface area contributed by atoms with Gasteiger partial charge in [-0.2, -0.15) is 5.10 Å². The minimum atomic E-state index is -0.406. The number of carbonyl (C=O) groups excluding carboxylic acids is 1. The molecule has 2 aromatic heterocycles. The lowest BCUT2D eigenvalue weighted by atomic mass is 10.2. The summed E-state index contributed by atoms with van der Waals surface area (Å²) in [5, 5.41) is 4.43. The first-order valence-corrected chi connectivity index (χ1v) is 8.34. The van der Waals surface area contributed by atoms with E-state index in [0.29, 0.717) is 24.5 Å². The minimum absolute atomic E-state index is 0.145. The van der Waals surface area contributed by atoms with Crippen molar-refractivity contribution in [1.82, 2.24) is 19.7 Å². The standard InChI is InChI=1S/C19H17FN4O2/c20-16-7-4-8-21-17(16)12-23-9-10-24-18(19(23)25)11-14(22-24)13-26-15-5-2-1-3-6-15/h1-8,11H,9-10,12-13H2. The van der Waals surface area contributed by atoms with Gasteiger partial charge in [-0.3, -0.25) is 14.5 Å². The van der Waals surface area contributed by atoms with Gasteiger partial charge in [0.15, 0.2) is 0 Å². The van der Waals surface area contributed by atoms with Crippen LogP contribution in [0.25, 0.3) is 0 Å². The molecule has 0 aliphatic carbocycles. The Hall–Kier alpha value is -3.22. The number of hydrogen-bond donors (Lipinski definition) is 0. The number of nitrogens with zero attached hydrogens (tertiary/aromatic N) is 4. The molecule has 0 atom stereocenters. The van der Waals surface area contributed by atoms with Crippen molar-refractivity contribution in [1.29, 1.82) is 0 Å². The molecule has 3 heterocycles. The summed E-state index contributed by atoms with van der Waals surface area (Å²) in [5.41, 5.74) is 1.43. The average molecular weight is 352 g/mol. The van der Waals surface area contributed by atoms with Gasteiger partial charge >= 0.3 is 0 Å². The van der Waals surface area contributed by atoms with Gasteiger partial charge in [0, 0.05) is 12.7 Å². The van der Waals surface area contributed by atoms with Gasteiger partial charge in [0.1, 0.15) is 29.6 Å². The third-order valence-electron chi connectivity index (χ3n) is 4.22. The molecule has 0 saturated heterocycles. The average Bonchev–Trinajstić information content (AvgIpc) is 3.09. The minimum Gasteiger partial charge on any atom is -0.487 e. The SMILES string of the molecule is O=C1c2cc(COc3ccccc3)nn2CCN1Cc1ncccc1F. The maximum atomic E-state index is 13.8. The molecule has 0 fully saturated rings. The monoisotopic (exact) mass is 352 g/mol. The maximum Gasteiger partial charge on any atom is 0.272 e. The largest absolute Gasteiger partial charge is 0.487 e. The number of halogens is 1. The molecule has 26 heavy (non-hydrogen) atoms. The Balaban J connectivity index is 1.46. The van der Waals surface area contributed by atoms with Crippen LogP contribution in [0.15, 0.2) is 54.7 Å². The Morgan fingerprint density at radius 1 is 1.12 bits per heavy atom. The van der Waals surface area contributed by atoms with Crippen LogP contribution in [0, 0.1) is 5.82 Å². The van der Waals surface area contributed by atoms with E-state index in [1.807, 2.05) is 30.3 Å². The van der Waals surface area contributed by atoms with Gasteiger partial charge in [0.05, 0.1) is 18.8 Å². The fourth-order valence-electron chi connectivity index (χ4n) is 2.90. The van der Waals surface area contributed by atoms with Gasteiger partial charge in [0.2, 0.25) is 0 Å². The number of para-hydroxylation sites is 1. The zero-order valence-electron chi connectivity index (χ0n) is 14.0. The summed E-state index contributed by atoms with van der Waals surface area (Å²) in [6.07, 6.45) is 1.52. The number of hydrogen-bond acceptors (Lipinski definition) is 4. The van der Waals surface area contributed by atoms with Crippen molar-refractivity contribution in [3.05, 3.63) is 77.6 Å². The normalized spacial score (nSPS) is 13.6. The quantitative estimate of drug-likeness (QED) is 0.708. The molecular weight excluding hydrogens is 335 g/mol. The van der Waals surface area contributed by atoms with E-state index in [9.17, 15) is 9.18 Å². The van der Waals surface area contributed by atoms with Gasteiger partial charge in [0.25, 0.3) is 5.91 Å². The highest BCUT2D eigenvalue weighted by molar-refractivity contribution is 5.93. The molecule has 1 aliphatic rings. The summed E-state index contributed by atoms with van der Waals surface area (Å²) < 4.78 is 21.2. The number of benzene rings is 1. The predicted octanol–water partition coefficient (Wildman–Crippen LogP) is 2.65. The summed E-state index contributed by atoms with van der Waals surface area (Å²) in [6.45, 7) is 1.45. The van der Waals surface area contributed by atoms with E-state index < -0.39 is 5.82 Å². The van der Waals surface area contributed by atoms with Gasteiger partial charge in [-0.25, -0.2) is 4.39 Å². The Kier molecular flexibility index (Phi) is 4.35. The van der Waals surface area contributed by atoms with Gasteiger partial charge in [-0.1, -0.05) is 18.2 Å². The summed E-state index contributed by atoms with van der Waals surface area (Å²) in [7, 11) is 0. The van der Waals surface area contributed by atoms with Crippen LogP contribution >= 0.6 is 0 Å². The fourth-order valence-corrected chi connectivity index (χ4v) is 2.90. The number of aromatic nitrogens is 3. The second-order valence-electron chi connectivity index (χ2n) is 6.00. The van der Waals surface area contributed by atoms with E-state index in [0.717, 1.165) is 5.75 Å². The Bertz CT molecular complexity index is 926. The Morgan fingerprint density at radius 3 is 2.77 bits per heavy atom.